The summed E-state index contributed by atoms with van der Waals surface area (Å²) in [6.45, 7) is 2.37. The van der Waals surface area contributed by atoms with Gasteiger partial charge in [0.1, 0.15) is 17.6 Å². The molecule has 2 aliphatic rings. The topological polar surface area (TPSA) is 79.5 Å². The van der Waals surface area contributed by atoms with Crippen molar-refractivity contribution in [3.05, 3.63) is 107 Å². The van der Waals surface area contributed by atoms with Gasteiger partial charge in [0.2, 0.25) is 11.8 Å². The molecule has 38 heavy (non-hydrogen) atoms. The fourth-order valence-corrected chi connectivity index (χ4v) is 7.95. The Morgan fingerprint density at radius 1 is 1.00 bits per heavy atom. The Labute approximate surface area is 240 Å². The molecule has 10 heteroatoms. The summed E-state index contributed by atoms with van der Waals surface area (Å²) in [5.41, 5.74) is 3.39. The third kappa shape index (κ3) is 4.51. The van der Waals surface area contributed by atoms with Gasteiger partial charge in [-0.3, -0.25) is 14.4 Å². The van der Waals surface area contributed by atoms with Crippen molar-refractivity contribution in [2.24, 2.45) is 5.92 Å². The van der Waals surface area contributed by atoms with Gasteiger partial charge in [-0.25, -0.2) is 4.90 Å². The summed E-state index contributed by atoms with van der Waals surface area (Å²) in [7, 11) is 0. The number of carbonyl (C=O) groups excluding carboxylic acids is 2. The molecule has 1 fully saturated rings. The van der Waals surface area contributed by atoms with Gasteiger partial charge in [-0.15, -0.1) is 0 Å². The second-order valence-corrected chi connectivity index (χ2v) is 12.7. The number of H-pyrrole nitrogens is 1. The molecule has 2 amide bonds. The number of nitrogens with one attached hydrogen (secondary N) is 1. The molecular formula is C28H20BrClN2O4S2. The van der Waals surface area contributed by atoms with Crippen molar-refractivity contribution >= 4 is 68.1 Å². The number of thiazole rings is 1. The first-order valence-corrected chi connectivity index (χ1v) is 14.7. The highest BCUT2D eigenvalue weighted by Gasteiger charge is 2.56. The normalized spacial score (nSPS) is 20.4. The van der Waals surface area contributed by atoms with Crippen molar-refractivity contribution < 1.29 is 14.3 Å². The zero-order valence-electron chi connectivity index (χ0n) is 19.9. The van der Waals surface area contributed by atoms with Gasteiger partial charge in [-0.2, -0.15) is 0 Å². The molecule has 6 nitrogen and oxygen atoms in total. The van der Waals surface area contributed by atoms with Crippen LogP contribution in [0.4, 0.5) is 5.69 Å². The second-order valence-electron chi connectivity index (χ2n) is 9.19. The van der Waals surface area contributed by atoms with Gasteiger partial charge >= 0.3 is 4.87 Å². The van der Waals surface area contributed by atoms with E-state index in [4.69, 9.17) is 16.3 Å². The van der Waals surface area contributed by atoms with Crippen LogP contribution < -0.4 is 14.5 Å². The summed E-state index contributed by atoms with van der Waals surface area (Å²) >= 11 is 11.9. The Morgan fingerprint density at radius 2 is 1.74 bits per heavy atom. The van der Waals surface area contributed by atoms with E-state index in [0.29, 0.717) is 28.1 Å². The van der Waals surface area contributed by atoms with Crippen LogP contribution in [0.2, 0.25) is 5.02 Å². The number of hydrogen-bond donors (Lipinski definition) is 1. The van der Waals surface area contributed by atoms with E-state index in [2.05, 4.69) is 20.9 Å². The molecule has 192 valence electrons. The third-order valence-corrected chi connectivity index (χ3v) is 9.88. The minimum absolute atomic E-state index is 0.223. The predicted octanol–water partition coefficient (Wildman–Crippen LogP) is 6.54. The van der Waals surface area contributed by atoms with Gasteiger partial charge in [0.15, 0.2) is 0 Å². The Kier molecular flexibility index (Phi) is 6.72. The number of thioether (sulfide) groups is 1. The van der Waals surface area contributed by atoms with Crippen LogP contribution in [0, 0.1) is 12.8 Å². The van der Waals surface area contributed by atoms with Gasteiger partial charge in [0, 0.05) is 25.9 Å². The Bertz CT molecular complexity index is 1620. The average Bonchev–Trinajstić information content (AvgIpc) is 3.39. The Morgan fingerprint density at radius 3 is 2.47 bits per heavy atom. The molecule has 3 unspecified atom stereocenters. The Hall–Kier alpha value is -2.85. The summed E-state index contributed by atoms with van der Waals surface area (Å²) in [5.74, 6) is -1.28. The molecule has 0 aliphatic carbocycles. The number of ether oxygens (including phenoxy) is 1. The highest BCUT2D eigenvalue weighted by atomic mass is 79.9. The van der Waals surface area contributed by atoms with Crippen LogP contribution in [0.15, 0.2) is 81.0 Å². The zero-order chi connectivity index (χ0) is 26.6. The minimum Gasteiger partial charge on any atom is -0.489 e. The van der Waals surface area contributed by atoms with Gasteiger partial charge < -0.3 is 9.72 Å². The van der Waals surface area contributed by atoms with Crippen LogP contribution in [-0.4, -0.2) is 22.0 Å². The van der Waals surface area contributed by atoms with Crippen molar-refractivity contribution in [2.45, 2.75) is 29.7 Å². The van der Waals surface area contributed by atoms with E-state index in [1.165, 1.54) is 16.7 Å². The molecule has 0 bridgehead atoms. The van der Waals surface area contributed by atoms with Crippen LogP contribution in [0.1, 0.15) is 27.5 Å². The number of amides is 2. The number of anilines is 1. The molecule has 1 N–H and O–H groups in total. The molecule has 4 aromatic rings. The summed E-state index contributed by atoms with van der Waals surface area (Å²) < 4.78 is 7.10. The van der Waals surface area contributed by atoms with Crippen molar-refractivity contribution in [3.8, 4) is 5.75 Å². The minimum atomic E-state index is -0.710. The molecule has 3 heterocycles. The molecule has 2 aliphatic heterocycles. The van der Waals surface area contributed by atoms with Crippen LogP contribution >= 0.6 is 50.6 Å². The molecular weight excluding hydrogens is 608 g/mol. The number of rotatable bonds is 5. The SMILES string of the molecule is Cc1ccc(COc2ccc(Br)cc2C2c3sc(=O)[nH]c3SC3C(=O)N(c4ccc(Cl)cc4)C(=O)C32)cc1. The van der Waals surface area contributed by atoms with Crippen molar-refractivity contribution in [2.75, 3.05) is 4.90 Å². The number of aromatic amines is 1. The number of hydrogen-bond acceptors (Lipinski definition) is 6. The van der Waals surface area contributed by atoms with E-state index >= 15 is 0 Å². The smallest absolute Gasteiger partial charge is 0.305 e. The lowest BCUT2D eigenvalue weighted by molar-refractivity contribution is -0.122. The summed E-state index contributed by atoms with van der Waals surface area (Å²) in [5, 5.41) is 0.446. The van der Waals surface area contributed by atoms with Gasteiger partial charge in [-0.1, -0.05) is 80.5 Å². The van der Waals surface area contributed by atoms with Crippen molar-refractivity contribution in [3.63, 3.8) is 0 Å². The maximum Gasteiger partial charge on any atom is 0.305 e. The lowest BCUT2D eigenvalue weighted by Crippen LogP contribution is -2.32. The number of carbonyl (C=O) groups is 2. The first-order valence-electron chi connectivity index (χ1n) is 11.8. The first kappa shape index (κ1) is 25.4. The van der Waals surface area contributed by atoms with Crippen molar-refractivity contribution in [1.29, 1.82) is 0 Å². The van der Waals surface area contributed by atoms with Crippen LogP contribution in [-0.2, 0) is 16.2 Å². The summed E-state index contributed by atoms with van der Waals surface area (Å²) in [6, 6.07) is 20.4. The number of nitrogens with zero attached hydrogens (tertiary/aromatic N) is 1. The molecule has 3 atom stereocenters. The van der Waals surface area contributed by atoms with E-state index in [1.54, 1.807) is 24.3 Å². The third-order valence-electron chi connectivity index (χ3n) is 6.73. The van der Waals surface area contributed by atoms with Crippen LogP contribution in [0.25, 0.3) is 0 Å². The number of halogens is 2. The monoisotopic (exact) mass is 626 g/mol. The number of benzene rings is 3. The fourth-order valence-electron chi connectivity index (χ4n) is 4.94. The largest absolute Gasteiger partial charge is 0.489 e. The highest BCUT2D eigenvalue weighted by molar-refractivity contribution is 9.10. The number of imide groups is 1. The fraction of sp³-hybridized carbons (Fsp3) is 0.179. The molecule has 0 saturated carbocycles. The van der Waals surface area contributed by atoms with E-state index < -0.39 is 17.1 Å². The quantitative estimate of drug-likeness (QED) is 0.255. The van der Waals surface area contributed by atoms with Crippen LogP contribution in [0.3, 0.4) is 0 Å². The number of aromatic nitrogens is 1. The van der Waals surface area contributed by atoms with E-state index in [0.717, 1.165) is 37.4 Å². The summed E-state index contributed by atoms with van der Waals surface area (Å²) in [4.78, 5) is 44.7. The molecule has 0 spiro atoms. The van der Waals surface area contributed by atoms with Gasteiger partial charge in [-0.05, 0) is 55.0 Å². The first-order chi connectivity index (χ1) is 18.3. The van der Waals surface area contributed by atoms with Gasteiger partial charge in [0.25, 0.3) is 0 Å². The second kappa shape index (κ2) is 10.0. The average molecular weight is 628 g/mol. The standard InChI is InChI=1S/C28H20BrClN2O4S2/c1-14-2-4-15(5-3-14)13-36-20-11-6-16(29)12-19(20)21-22-24(37-25-23(21)38-28(35)31-25)27(34)32(26(22)33)18-9-7-17(30)8-10-18/h2-12,21-22,24H,13H2,1H3,(H,31,35). The van der Waals surface area contributed by atoms with E-state index in [-0.39, 0.29) is 16.7 Å². The lowest BCUT2D eigenvalue weighted by Gasteiger charge is -2.31. The predicted molar refractivity (Wildman–Crippen MR) is 154 cm³/mol. The van der Waals surface area contributed by atoms with E-state index in [1.807, 2.05) is 49.4 Å². The van der Waals surface area contributed by atoms with Crippen LogP contribution in [0.5, 0.6) is 5.75 Å². The highest BCUT2D eigenvalue weighted by Crippen LogP contribution is 2.54. The molecule has 0 radical (unpaired) electrons. The maximum absolute atomic E-state index is 14.0. The zero-order valence-corrected chi connectivity index (χ0v) is 23.9. The number of aryl methyl sites for hydroxylation is 1. The molecule has 3 aromatic carbocycles. The maximum atomic E-state index is 14.0. The van der Waals surface area contributed by atoms with E-state index in [9.17, 15) is 14.4 Å². The molecule has 6 rings (SSSR count). The van der Waals surface area contributed by atoms with Crippen molar-refractivity contribution in [1.82, 2.24) is 4.98 Å². The number of fused-ring (bicyclic) bond motifs is 2. The summed E-state index contributed by atoms with van der Waals surface area (Å²) in [6.07, 6.45) is 0. The lowest BCUT2D eigenvalue weighted by atomic mass is 9.82. The molecule has 1 aromatic heterocycles. The molecule has 1 saturated heterocycles. The van der Waals surface area contributed by atoms with Gasteiger partial charge in [0.05, 0.1) is 16.6 Å². The Balaban J connectivity index is 1.44.